The standard InChI is InChI=1S/C12H13N5O3/c1-2-16-7-8(6-14-16)15-12(18)9-4-3-5-10(11(9)13)17(19)20/h3-7H,2,13H2,1H3,(H,15,18). The second-order valence-corrected chi connectivity index (χ2v) is 4.03. The minimum absolute atomic E-state index is 0.0587. The maximum absolute atomic E-state index is 12.1. The van der Waals surface area contributed by atoms with Gasteiger partial charge in [0.2, 0.25) is 0 Å². The maximum Gasteiger partial charge on any atom is 0.292 e. The van der Waals surface area contributed by atoms with Crippen molar-refractivity contribution < 1.29 is 9.72 Å². The molecule has 0 atom stereocenters. The molecule has 2 rings (SSSR count). The van der Waals surface area contributed by atoms with Crippen molar-refractivity contribution in [1.29, 1.82) is 0 Å². The second kappa shape index (κ2) is 5.39. The largest absolute Gasteiger partial charge is 0.393 e. The Kier molecular flexibility index (Phi) is 3.65. The highest BCUT2D eigenvalue weighted by Crippen LogP contribution is 2.25. The first kappa shape index (κ1) is 13.5. The lowest BCUT2D eigenvalue weighted by atomic mass is 10.1. The summed E-state index contributed by atoms with van der Waals surface area (Å²) in [5.41, 5.74) is 5.76. The third-order valence-electron chi connectivity index (χ3n) is 2.74. The van der Waals surface area contributed by atoms with Crippen molar-refractivity contribution in [3.8, 4) is 0 Å². The minimum Gasteiger partial charge on any atom is -0.393 e. The molecule has 8 heteroatoms. The highest BCUT2D eigenvalue weighted by molar-refractivity contribution is 6.08. The fraction of sp³-hybridized carbons (Fsp3) is 0.167. The van der Waals surface area contributed by atoms with Gasteiger partial charge in [-0.25, -0.2) is 0 Å². The molecule has 1 aromatic carbocycles. The SMILES string of the molecule is CCn1cc(NC(=O)c2cccc([N+](=O)[O-])c2N)cn1. The molecule has 0 unspecified atom stereocenters. The lowest BCUT2D eigenvalue weighted by Gasteiger charge is -2.05. The fourth-order valence-corrected chi connectivity index (χ4v) is 1.71. The Morgan fingerprint density at radius 1 is 1.55 bits per heavy atom. The van der Waals surface area contributed by atoms with E-state index in [2.05, 4.69) is 10.4 Å². The molecule has 0 saturated carbocycles. The van der Waals surface area contributed by atoms with E-state index in [0.717, 1.165) is 0 Å². The normalized spacial score (nSPS) is 10.2. The third-order valence-corrected chi connectivity index (χ3v) is 2.74. The van der Waals surface area contributed by atoms with Gasteiger partial charge in [0, 0.05) is 18.8 Å². The van der Waals surface area contributed by atoms with Gasteiger partial charge in [-0.05, 0) is 13.0 Å². The van der Waals surface area contributed by atoms with Crippen LogP contribution in [0, 0.1) is 10.1 Å². The zero-order valence-electron chi connectivity index (χ0n) is 10.7. The number of nitro benzene ring substituents is 1. The number of aryl methyl sites for hydroxylation is 1. The van der Waals surface area contributed by atoms with Crippen molar-refractivity contribution in [3.63, 3.8) is 0 Å². The van der Waals surface area contributed by atoms with Crippen LogP contribution >= 0.6 is 0 Å². The van der Waals surface area contributed by atoms with Crippen LogP contribution in [-0.4, -0.2) is 20.6 Å². The number of benzene rings is 1. The lowest BCUT2D eigenvalue weighted by molar-refractivity contribution is -0.383. The van der Waals surface area contributed by atoms with E-state index in [1.165, 1.54) is 24.4 Å². The number of anilines is 2. The second-order valence-electron chi connectivity index (χ2n) is 4.03. The van der Waals surface area contributed by atoms with E-state index in [1.807, 2.05) is 6.92 Å². The van der Waals surface area contributed by atoms with Crippen molar-refractivity contribution in [1.82, 2.24) is 9.78 Å². The van der Waals surface area contributed by atoms with Gasteiger partial charge >= 0.3 is 0 Å². The predicted molar refractivity (Wildman–Crippen MR) is 73.4 cm³/mol. The van der Waals surface area contributed by atoms with Gasteiger partial charge in [-0.15, -0.1) is 0 Å². The van der Waals surface area contributed by atoms with Gasteiger partial charge in [0.15, 0.2) is 0 Å². The molecule has 1 amide bonds. The maximum atomic E-state index is 12.1. The van der Waals surface area contributed by atoms with E-state index in [1.54, 1.807) is 10.9 Å². The van der Waals surface area contributed by atoms with E-state index in [9.17, 15) is 14.9 Å². The zero-order valence-corrected chi connectivity index (χ0v) is 10.7. The number of nitrogens with one attached hydrogen (secondary N) is 1. The quantitative estimate of drug-likeness (QED) is 0.500. The Morgan fingerprint density at radius 2 is 2.30 bits per heavy atom. The summed E-state index contributed by atoms with van der Waals surface area (Å²) in [4.78, 5) is 22.2. The number of aromatic nitrogens is 2. The topological polar surface area (TPSA) is 116 Å². The molecular weight excluding hydrogens is 262 g/mol. The van der Waals surface area contributed by atoms with Crippen LogP contribution in [0.25, 0.3) is 0 Å². The van der Waals surface area contributed by atoms with Crippen molar-refractivity contribution in [3.05, 3.63) is 46.3 Å². The number of nitro groups is 1. The molecular formula is C12H13N5O3. The van der Waals surface area contributed by atoms with Gasteiger partial charge in [-0.3, -0.25) is 19.6 Å². The summed E-state index contributed by atoms with van der Waals surface area (Å²) < 4.78 is 1.65. The molecule has 1 aromatic heterocycles. The summed E-state index contributed by atoms with van der Waals surface area (Å²) in [6.45, 7) is 2.59. The molecule has 3 N–H and O–H groups in total. The monoisotopic (exact) mass is 275 g/mol. The number of rotatable bonds is 4. The first-order chi connectivity index (χ1) is 9.52. The number of para-hydroxylation sites is 1. The van der Waals surface area contributed by atoms with Crippen molar-refractivity contribution in [2.24, 2.45) is 0 Å². The molecule has 2 aromatic rings. The van der Waals surface area contributed by atoms with Crippen LogP contribution in [-0.2, 0) is 6.54 Å². The third kappa shape index (κ3) is 2.58. The lowest BCUT2D eigenvalue weighted by Crippen LogP contribution is -2.14. The number of nitrogens with zero attached hydrogens (tertiary/aromatic N) is 3. The summed E-state index contributed by atoms with van der Waals surface area (Å²) in [6, 6.07) is 4.10. The summed E-state index contributed by atoms with van der Waals surface area (Å²) in [5, 5.41) is 17.4. The van der Waals surface area contributed by atoms with Crippen LogP contribution in [0.3, 0.4) is 0 Å². The minimum atomic E-state index is -0.624. The zero-order chi connectivity index (χ0) is 14.7. The molecule has 0 bridgehead atoms. The van der Waals surface area contributed by atoms with Gasteiger partial charge in [-0.2, -0.15) is 5.10 Å². The fourth-order valence-electron chi connectivity index (χ4n) is 1.71. The van der Waals surface area contributed by atoms with Crippen LogP contribution in [0.1, 0.15) is 17.3 Å². The number of nitrogen functional groups attached to an aromatic ring is 1. The highest BCUT2D eigenvalue weighted by Gasteiger charge is 2.19. The van der Waals surface area contributed by atoms with Gasteiger partial charge < -0.3 is 11.1 Å². The predicted octanol–water partition coefficient (Wildman–Crippen LogP) is 1.65. The molecule has 1 heterocycles. The van der Waals surface area contributed by atoms with E-state index in [4.69, 9.17) is 5.73 Å². The van der Waals surface area contributed by atoms with E-state index < -0.39 is 10.8 Å². The first-order valence-electron chi connectivity index (χ1n) is 5.89. The number of hydrogen-bond acceptors (Lipinski definition) is 5. The molecule has 0 radical (unpaired) electrons. The summed E-state index contributed by atoms with van der Waals surface area (Å²) >= 11 is 0. The van der Waals surface area contributed by atoms with Gasteiger partial charge in [0.05, 0.1) is 22.4 Å². The number of hydrogen-bond donors (Lipinski definition) is 2. The van der Waals surface area contributed by atoms with Crippen LogP contribution in [0.5, 0.6) is 0 Å². The molecule has 0 aliphatic heterocycles. The van der Waals surface area contributed by atoms with Crippen LogP contribution in [0.2, 0.25) is 0 Å². The molecule has 20 heavy (non-hydrogen) atoms. The average molecular weight is 275 g/mol. The summed E-state index contributed by atoms with van der Waals surface area (Å²) in [7, 11) is 0. The summed E-state index contributed by atoms with van der Waals surface area (Å²) in [5.74, 6) is -0.512. The molecule has 8 nitrogen and oxygen atoms in total. The Balaban J connectivity index is 2.25. The van der Waals surface area contributed by atoms with Crippen molar-refractivity contribution >= 4 is 23.0 Å². The Morgan fingerprint density at radius 3 is 2.90 bits per heavy atom. The summed E-state index contributed by atoms with van der Waals surface area (Å²) in [6.07, 6.45) is 3.15. The number of nitrogens with two attached hydrogens (primary N) is 1. The molecule has 0 saturated heterocycles. The van der Waals surface area contributed by atoms with Gasteiger partial charge in [0.1, 0.15) is 5.69 Å². The van der Waals surface area contributed by atoms with Crippen molar-refractivity contribution in [2.45, 2.75) is 13.5 Å². The number of carbonyl (C=O) groups excluding carboxylic acids is 1. The number of carbonyl (C=O) groups is 1. The average Bonchev–Trinajstić information content (AvgIpc) is 2.86. The van der Waals surface area contributed by atoms with Gasteiger partial charge in [0.25, 0.3) is 11.6 Å². The van der Waals surface area contributed by atoms with Crippen LogP contribution in [0.4, 0.5) is 17.1 Å². The Labute approximate surface area is 114 Å². The Bertz CT molecular complexity index is 665. The van der Waals surface area contributed by atoms with Gasteiger partial charge in [-0.1, -0.05) is 6.07 Å². The first-order valence-corrected chi connectivity index (χ1v) is 5.89. The molecule has 0 spiro atoms. The van der Waals surface area contributed by atoms with Crippen LogP contribution in [0.15, 0.2) is 30.6 Å². The number of amides is 1. The highest BCUT2D eigenvalue weighted by atomic mass is 16.6. The molecule has 104 valence electrons. The Hall–Kier alpha value is -2.90. The molecule has 0 fully saturated rings. The van der Waals surface area contributed by atoms with Crippen LogP contribution < -0.4 is 11.1 Å². The smallest absolute Gasteiger partial charge is 0.292 e. The van der Waals surface area contributed by atoms with E-state index in [-0.39, 0.29) is 16.9 Å². The van der Waals surface area contributed by atoms with E-state index >= 15 is 0 Å². The van der Waals surface area contributed by atoms with E-state index in [0.29, 0.717) is 12.2 Å². The molecule has 0 aliphatic rings. The van der Waals surface area contributed by atoms with Crippen molar-refractivity contribution in [2.75, 3.05) is 11.1 Å². The molecule has 0 aliphatic carbocycles.